The van der Waals surface area contributed by atoms with E-state index in [1.165, 1.54) is 0 Å². The summed E-state index contributed by atoms with van der Waals surface area (Å²) in [5.41, 5.74) is -0.336. The Bertz CT molecular complexity index is 948. The fraction of sp³-hybridized carbons (Fsp3) is 0.292. The minimum atomic E-state index is -1.40. The van der Waals surface area contributed by atoms with E-state index in [-0.39, 0.29) is 0 Å². The summed E-state index contributed by atoms with van der Waals surface area (Å²) in [5, 5.41) is 23.5. The second kappa shape index (κ2) is 7.52. The van der Waals surface area contributed by atoms with E-state index in [9.17, 15) is 10.4 Å². The summed E-state index contributed by atoms with van der Waals surface area (Å²) in [5.74, 6) is 0. The molecule has 3 rings (SSSR count). The lowest BCUT2D eigenvalue weighted by Gasteiger charge is -2.38. The number of aliphatic hydroxyl groups is 1. The van der Waals surface area contributed by atoms with E-state index in [0.29, 0.717) is 12.0 Å². The quantitative estimate of drug-likeness (QED) is 0.682. The molecule has 0 amide bonds. The van der Waals surface area contributed by atoms with Gasteiger partial charge >= 0.3 is 0 Å². The van der Waals surface area contributed by atoms with Gasteiger partial charge in [0.25, 0.3) is 0 Å². The zero-order valence-corrected chi connectivity index (χ0v) is 16.0. The van der Waals surface area contributed by atoms with Gasteiger partial charge in [-0.15, -0.1) is 0 Å². The number of benzene rings is 3. The van der Waals surface area contributed by atoms with Gasteiger partial charge in [-0.1, -0.05) is 72.8 Å². The summed E-state index contributed by atoms with van der Waals surface area (Å²) >= 11 is 0. The smallest absolute Gasteiger partial charge is 0.188 e. The van der Waals surface area contributed by atoms with Gasteiger partial charge < -0.3 is 9.84 Å². The van der Waals surface area contributed by atoms with Crippen molar-refractivity contribution in [3.63, 3.8) is 0 Å². The summed E-state index contributed by atoms with van der Waals surface area (Å²) in [6.07, 6.45) is -0.792. The molecule has 0 heterocycles. The van der Waals surface area contributed by atoms with E-state index in [1.807, 2.05) is 93.6 Å². The summed E-state index contributed by atoms with van der Waals surface area (Å²) in [4.78, 5) is 0. The van der Waals surface area contributed by atoms with Gasteiger partial charge in [0.05, 0.1) is 5.60 Å². The van der Waals surface area contributed by atoms with E-state index in [2.05, 4.69) is 6.07 Å². The Balaban J connectivity index is 2.12. The first-order chi connectivity index (χ1) is 12.8. The van der Waals surface area contributed by atoms with Gasteiger partial charge in [0, 0.05) is 6.42 Å². The van der Waals surface area contributed by atoms with Crippen LogP contribution in [0.4, 0.5) is 0 Å². The van der Waals surface area contributed by atoms with E-state index < -0.39 is 17.3 Å². The number of fused-ring (bicyclic) bond motifs is 1. The van der Waals surface area contributed by atoms with E-state index >= 15 is 0 Å². The maximum absolute atomic E-state index is 11.4. The van der Waals surface area contributed by atoms with E-state index in [0.717, 1.165) is 16.3 Å². The molecule has 3 heteroatoms. The Morgan fingerprint density at radius 2 is 1.56 bits per heavy atom. The minimum absolute atomic E-state index is 0.298. The van der Waals surface area contributed by atoms with Crippen molar-refractivity contribution in [1.29, 1.82) is 5.26 Å². The van der Waals surface area contributed by atoms with Gasteiger partial charge in [0.2, 0.25) is 0 Å². The lowest BCUT2D eigenvalue weighted by atomic mass is 9.83. The number of aliphatic hydroxyl groups excluding tert-OH is 1. The lowest BCUT2D eigenvalue weighted by molar-refractivity contribution is -0.154. The van der Waals surface area contributed by atoms with Crippen LogP contribution in [0.2, 0.25) is 0 Å². The highest BCUT2D eigenvalue weighted by Crippen LogP contribution is 2.38. The van der Waals surface area contributed by atoms with Crippen molar-refractivity contribution in [2.75, 3.05) is 0 Å². The standard InChI is InChI=1S/C24H25NO2/c1-23(2,3)27-24(17-25,16-18-10-5-4-6-11-18)22(26)21-15-9-13-19-12-7-8-14-20(19)21/h4-15,22,26H,16H2,1-3H3/t22-,24+/m0/s1. The summed E-state index contributed by atoms with van der Waals surface area (Å²) in [7, 11) is 0. The van der Waals surface area contributed by atoms with Crippen LogP contribution in [-0.2, 0) is 11.2 Å². The molecule has 3 aromatic carbocycles. The first-order valence-corrected chi connectivity index (χ1v) is 9.16. The van der Waals surface area contributed by atoms with Gasteiger partial charge in [-0.25, -0.2) is 0 Å². The molecule has 2 atom stereocenters. The van der Waals surface area contributed by atoms with Crippen LogP contribution in [0.3, 0.4) is 0 Å². The van der Waals surface area contributed by atoms with Crippen LogP contribution in [0.5, 0.6) is 0 Å². The van der Waals surface area contributed by atoms with Gasteiger partial charge in [0.15, 0.2) is 5.60 Å². The van der Waals surface area contributed by atoms with Crippen LogP contribution in [0.15, 0.2) is 72.8 Å². The Morgan fingerprint density at radius 1 is 0.926 bits per heavy atom. The molecule has 0 saturated carbocycles. The number of hydrogen-bond donors (Lipinski definition) is 1. The monoisotopic (exact) mass is 359 g/mol. The van der Waals surface area contributed by atoms with Crippen molar-refractivity contribution in [1.82, 2.24) is 0 Å². The van der Waals surface area contributed by atoms with E-state index in [1.54, 1.807) is 0 Å². The highest BCUT2D eigenvalue weighted by atomic mass is 16.5. The molecule has 3 aromatic rings. The molecule has 0 fully saturated rings. The van der Waals surface area contributed by atoms with Crippen LogP contribution in [-0.4, -0.2) is 16.3 Å². The fourth-order valence-corrected chi connectivity index (χ4v) is 3.50. The van der Waals surface area contributed by atoms with Gasteiger partial charge in [0.1, 0.15) is 12.2 Å². The van der Waals surface area contributed by atoms with Crippen LogP contribution in [0.1, 0.15) is 38.0 Å². The molecule has 3 nitrogen and oxygen atoms in total. The first kappa shape index (κ1) is 19.1. The Hall–Kier alpha value is -2.67. The highest BCUT2D eigenvalue weighted by molar-refractivity contribution is 5.86. The molecule has 1 N–H and O–H groups in total. The number of nitrogens with zero attached hydrogens (tertiary/aromatic N) is 1. The number of ether oxygens (including phenoxy) is 1. The third-order valence-corrected chi connectivity index (χ3v) is 4.55. The van der Waals surface area contributed by atoms with Crippen LogP contribution in [0, 0.1) is 11.3 Å². The number of rotatable bonds is 5. The van der Waals surface area contributed by atoms with Crippen molar-refractivity contribution in [3.05, 3.63) is 83.9 Å². The Kier molecular flexibility index (Phi) is 5.32. The molecule has 0 aliphatic rings. The van der Waals surface area contributed by atoms with E-state index in [4.69, 9.17) is 4.74 Å². The van der Waals surface area contributed by atoms with Crippen molar-refractivity contribution in [2.24, 2.45) is 0 Å². The lowest BCUT2D eigenvalue weighted by Crippen LogP contribution is -2.46. The topological polar surface area (TPSA) is 53.2 Å². The molecule has 0 radical (unpaired) electrons. The van der Waals surface area contributed by atoms with Crippen molar-refractivity contribution < 1.29 is 9.84 Å². The second-order valence-corrected chi connectivity index (χ2v) is 7.85. The largest absolute Gasteiger partial charge is 0.384 e. The average molecular weight is 359 g/mol. The Morgan fingerprint density at radius 3 is 2.22 bits per heavy atom. The molecular formula is C24H25NO2. The van der Waals surface area contributed by atoms with Crippen molar-refractivity contribution in [3.8, 4) is 6.07 Å². The van der Waals surface area contributed by atoms with Gasteiger partial charge in [-0.05, 0) is 42.7 Å². The van der Waals surface area contributed by atoms with Crippen LogP contribution >= 0.6 is 0 Å². The summed E-state index contributed by atoms with van der Waals surface area (Å²) < 4.78 is 6.23. The predicted molar refractivity (Wildman–Crippen MR) is 108 cm³/mol. The maximum Gasteiger partial charge on any atom is 0.188 e. The predicted octanol–water partition coefficient (Wildman–Crippen LogP) is 5.19. The molecule has 0 bridgehead atoms. The van der Waals surface area contributed by atoms with Crippen LogP contribution < -0.4 is 0 Å². The fourth-order valence-electron chi connectivity index (χ4n) is 3.50. The number of hydrogen-bond acceptors (Lipinski definition) is 3. The maximum atomic E-state index is 11.4. The summed E-state index contributed by atoms with van der Waals surface area (Å²) in [6, 6.07) is 25.7. The van der Waals surface area contributed by atoms with Crippen molar-refractivity contribution in [2.45, 2.75) is 44.5 Å². The molecule has 0 aliphatic heterocycles. The van der Waals surface area contributed by atoms with Crippen molar-refractivity contribution >= 4 is 10.8 Å². The molecule has 0 unspecified atom stereocenters. The average Bonchev–Trinajstić information content (AvgIpc) is 2.66. The zero-order valence-electron chi connectivity index (χ0n) is 16.0. The van der Waals surface area contributed by atoms with Gasteiger partial charge in [-0.2, -0.15) is 5.26 Å². The second-order valence-electron chi connectivity index (χ2n) is 7.85. The third-order valence-electron chi connectivity index (χ3n) is 4.55. The molecular weight excluding hydrogens is 334 g/mol. The molecule has 27 heavy (non-hydrogen) atoms. The highest BCUT2D eigenvalue weighted by Gasteiger charge is 2.44. The molecule has 138 valence electrons. The van der Waals surface area contributed by atoms with Crippen LogP contribution in [0.25, 0.3) is 10.8 Å². The third kappa shape index (κ3) is 4.19. The minimum Gasteiger partial charge on any atom is -0.384 e. The number of nitriles is 1. The van der Waals surface area contributed by atoms with Gasteiger partial charge in [-0.3, -0.25) is 0 Å². The molecule has 0 aliphatic carbocycles. The molecule has 0 aromatic heterocycles. The molecule has 0 spiro atoms. The SMILES string of the molecule is CC(C)(C)O[C@@](C#N)(Cc1ccccc1)[C@@H](O)c1cccc2ccccc12. The zero-order chi connectivity index (χ0) is 19.5. The normalized spacial score (nSPS) is 15.1. The Labute approximate surface area is 160 Å². The summed E-state index contributed by atoms with van der Waals surface area (Å²) in [6.45, 7) is 5.71. The molecule has 0 saturated heterocycles. The first-order valence-electron chi connectivity index (χ1n) is 9.16.